The predicted octanol–water partition coefficient (Wildman–Crippen LogP) is 4.07. The quantitative estimate of drug-likeness (QED) is 0.359. The molecule has 1 fully saturated rings. The maximum absolute atomic E-state index is 14.9. The molecule has 1 saturated heterocycles. The normalized spacial score (nSPS) is 21.7. The molecule has 2 aliphatic heterocycles. The number of amides is 1. The van der Waals surface area contributed by atoms with Gasteiger partial charge < -0.3 is 19.7 Å². The third-order valence-electron chi connectivity index (χ3n) is 7.65. The summed E-state index contributed by atoms with van der Waals surface area (Å²) in [5.74, 6) is -0.550. The highest BCUT2D eigenvalue weighted by molar-refractivity contribution is 7.92. The van der Waals surface area contributed by atoms with E-state index in [9.17, 15) is 17.6 Å². The second-order valence-corrected chi connectivity index (χ2v) is 13.4. The Bertz CT molecular complexity index is 1810. The third-order valence-corrected chi connectivity index (χ3v) is 9.83. The number of carbonyl (C=O) groups excluding carboxylic acids is 1. The molecule has 10 nitrogen and oxygen atoms in total. The number of fused-ring (bicyclic) bond motifs is 2. The fraction of sp³-hybridized carbons (Fsp3) is 0.355. The van der Waals surface area contributed by atoms with Crippen LogP contribution in [0.2, 0.25) is 0 Å². The Kier molecular flexibility index (Phi) is 7.84. The number of aromatic nitrogens is 3. The van der Waals surface area contributed by atoms with Gasteiger partial charge in [0.25, 0.3) is 5.91 Å². The lowest BCUT2D eigenvalue weighted by atomic mass is 10.1. The molecule has 1 amide bonds. The number of sulfone groups is 1. The van der Waals surface area contributed by atoms with Crippen LogP contribution in [-0.2, 0) is 32.5 Å². The van der Waals surface area contributed by atoms with Gasteiger partial charge in [-0.15, -0.1) is 0 Å². The fourth-order valence-electron chi connectivity index (χ4n) is 5.45. The standard InChI is InChI=1S/C31H32FN5O5S/c1-18-14-37(15-19(2)42-18)30-6-4-5-26(36-30)27-8-7-21-12-33-23(11-28(21)35-27)13-34-31(38)22-9-25(32)24-17-41-16-20(3)43(39,40)29(24)10-22/h4-12,18-20H,13-17H2,1-3H3,(H,34,38)/t18-,19+,20-/m0/s1. The molecule has 4 aromatic rings. The topological polar surface area (TPSA) is 124 Å². The number of ether oxygens (including phenoxy) is 2. The van der Waals surface area contributed by atoms with Gasteiger partial charge in [-0.1, -0.05) is 6.07 Å². The Hall–Kier alpha value is -4.00. The zero-order valence-electron chi connectivity index (χ0n) is 24.1. The molecular formula is C31H32FN5O5S. The Morgan fingerprint density at radius 3 is 2.60 bits per heavy atom. The van der Waals surface area contributed by atoms with Crippen LogP contribution in [0.5, 0.6) is 0 Å². The van der Waals surface area contributed by atoms with E-state index in [1.807, 2.05) is 30.3 Å². The molecule has 0 radical (unpaired) electrons. The molecule has 43 heavy (non-hydrogen) atoms. The molecule has 3 aromatic heterocycles. The summed E-state index contributed by atoms with van der Waals surface area (Å²) in [5, 5.41) is 2.68. The van der Waals surface area contributed by atoms with Crippen molar-refractivity contribution in [2.24, 2.45) is 0 Å². The maximum Gasteiger partial charge on any atom is 0.251 e. The minimum atomic E-state index is -3.85. The van der Waals surface area contributed by atoms with E-state index in [-0.39, 0.29) is 48.0 Å². The van der Waals surface area contributed by atoms with E-state index in [0.717, 1.165) is 36.1 Å². The molecule has 0 spiro atoms. The summed E-state index contributed by atoms with van der Waals surface area (Å²) in [6.07, 6.45) is 1.90. The van der Waals surface area contributed by atoms with Crippen LogP contribution in [0.15, 0.2) is 59.6 Å². The molecule has 0 saturated carbocycles. The second kappa shape index (κ2) is 11.6. The molecule has 5 heterocycles. The van der Waals surface area contributed by atoms with Gasteiger partial charge in [-0.3, -0.25) is 9.78 Å². The van der Waals surface area contributed by atoms with Gasteiger partial charge in [-0.2, -0.15) is 0 Å². The molecule has 2 aliphatic rings. The van der Waals surface area contributed by atoms with Gasteiger partial charge in [0, 0.05) is 35.8 Å². The molecule has 1 N–H and O–H groups in total. The Labute approximate surface area is 249 Å². The molecule has 0 bridgehead atoms. The van der Waals surface area contributed by atoms with Crippen LogP contribution in [0.25, 0.3) is 22.3 Å². The van der Waals surface area contributed by atoms with E-state index in [0.29, 0.717) is 16.9 Å². The number of hydrogen-bond acceptors (Lipinski definition) is 9. The average Bonchev–Trinajstić information content (AvgIpc) is 3.10. The fourth-order valence-corrected chi connectivity index (χ4v) is 6.95. The van der Waals surface area contributed by atoms with E-state index < -0.39 is 26.8 Å². The first kappa shape index (κ1) is 29.1. The SMILES string of the molecule is C[C@@H]1CN(c2cccc(-c3ccc4cnc(CNC(=O)c5cc(F)c6c(c5)S(=O)(=O)[C@@H](C)COC6)cc4n3)n2)C[C@H](C)O1. The summed E-state index contributed by atoms with van der Waals surface area (Å²) >= 11 is 0. The van der Waals surface area contributed by atoms with Crippen molar-refractivity contribution in [3.8, 4) is 11.4 Å². The van der Waals surface area contributed by atoms with Crippen LogP contribution >= 0.6 is 0 Å². The lowest BCUT2D eigenvalue weighted by Crippen LogP contribution is -2.45. The number of anilines is 1. The van der Waals surface area contributed by atoms with Crippen molar-refractivity contribution in [3.05, 3.63) is 77.4 Å². The number of benzene rings is 1. The first-order valence-corrected chi connectivity index (χ1v) is 15.7. The molecule has 0 aliphatic carbocycles. The van der Waals surface area contributed by atoms with E-state index >= 15 is 0 Å². The minimum Gasteiger partial charge on any atom is -0.375 e. The lowest BCUT2D eigenvalue weighted by molar-refractivity contribution is -0.00545. The van der Waals surface area contributed by atoms with Gasteiger partial charge in [0.2, 0.25) is 0 Å². The van der Waals surface area contributed by atoms with Gasteiger partial charge in [-0.05, 0) is 63.2 Å². The summed E-state index contributed by atoms with van der Waals surface area (Å²) in [6.45, 7) is 6.94. The van der Waals surface area contributed by atoms with E-state index in [2.05, 4.69) is 29.0 Å². The molecule has 6 rings (SSSR count). The van der Waals surface area contributed by atoms with Crippen molar-refractivity contribution in [1.29, 1.82) is 0 Å². The number of carbonyl (C=O) groups is 1. The average molecular weight is 606 g/mol. The van der Waals surface area contributed by atoms with Gasteiger partial charge >= 0.3 is 0 Å². The van der Waals surface area contributed by atoms with Crippen LogP contribution in [0.4, 0.5) is 10.2 Å². The summed E-state index contributed by atoms with van der Waals surface area (Å²) in [5.41, 5.74) is 2.49. The van der Waals surface area contributed by atoms with Crippen LogP contribution in [0, 0.1) is 5.82 Å². The van der Waals surface area contributed by atoms with Gasteiger partial charge in [-0.25, -0.2) is 22.8 Å². The third kappa shape index (κ3) is 5.95. The lowest BCUT2D eigenvalue weighted by Gasteiger charge is -2.36. The number of hydrogen-bond donors (Lipinski definition) is 1. The smallest absolute Gasteiger partial charge is 0.251 e. The molecule has 1 aromatic carbocycles. The Morgan fingerprint density at radius 1 is 1.05 bits per heavy atom. The van der Waals surface area contributed by atoms with E-state index in [4.69, 9.17) is 19.4 Å². The van der Waals surface area contributed by atoms with Crippen molar-refractivity contribution in [2.45, 2.75) is 56.3 Å². The Morgan fingerprint density at radius 2 is 1.81 bits per heavy atom. The number of nitrogens with zero attached hydrogens (tertiary/aromatic N) is 4. The number of morpholine rings is 1. The van der Waals surface area contributed by atoms with E-state index in [1.165, 1.54) is 13.0 Å². The molecule has 3 atom stereocenters. The van der Waals surface area contributed by atoms with Crippen molar-refractivity contribution < 1.29 is 27.1 Å². The van der Waals surface area contributed by atoms with Crippen LogP contribution in [0.1, 0.15) is 42.4 Å². The second-order valence-electron chi connectivity index (χ2n) is 11.1. The number of pyridine rings is 3. The number of rotatable bonds is 5. The van der Waals surface area contributed by atoms with Gasteiger partial charge in [0.05, 0.1) is 64.7 Å². The highest BCUT2D eigenvalue weighted by Gasteiger charge is 2.32. The van der Waals surface area contributed by atoms with Crippen LogP contribution in [0.3, 0.4) is 0 Å². The monoisotopic (exact) mass is 605 g/mol. The Balaban J connectivity index is 1.21. The minimum absolute atomic E-state index is 0.0345. The first-order valence-electron chi connectivity index (χ1n) is 14.1. The van der Waals surface area contributed by atoms with Crippen LogP contribution in [-0.4, -0.2) is 66.4 Å². The zero-order valence-corrected chi connectivity index (χ0v) is 24.9. The van der Waals surface area contributed by atoms with E-state index in [1.54, 1.807) is 12.3 Å². The summed E-state index contributed by atoms with van der Waals surface area (Å²) in [6, 6.07) is 13.7. The number of halogens is 1. The van der Waals surface area contributed by atoms with Crippen LogP contribution < -0.4 is 10.2 Å². The summed E-state index contributed by atoms with van der Waals surface area (Å²) in [4.78, 5) is 29.1. The predicted molar refractivity (Wildman–Crippen MR) is 159 cm³/mol. The largest absolute Gasteiger partial charge is 0.375 e. The molecular weight excluding hydrogens is 573 g/mol. The van der Waals surface area contributed by atoms with Crippen molar-refractivity contribution in [2.75, 3.05) is 24.6 Å². The highest BCUT2D eigenvalue weighted by atomic mass is 32.2. The van der Waals surface area contributed by atoms with Gasteiger partial charge in [0.15, 0.2) is 9.84 Å². The van der Waals surface area contributed by atoms with Gasteiger partial charge in [0.1, 0.15) is 11.6 Å². The maximum atomic E-state index is 14.9. The zero-order chi connectivity index (χ0) is 30.3. The summed E-state index contributed by atoms with van der Waals surface area (Å²) in [7, 11) is -3.85. The molecule has 224 valence electrons. The first-order chi connectivity index (χ1) is 20.6. The van der Waals surface area contributed by atoms with Crippen molar-refractivity contribution in [1.82, 2.24) is 20.3 Å². The summed E-state index contributed by atoms with van der Waals surface area (Å²) < 4.78 is 51.9. The van der Waals surface area contributed by atoms with Crippen molar-refractivity contribution in [3.63, 3.8) is 0 Å². The number of nitrogens with one attached hydrogen (secondary N) is 1. The highest BCUT2D eigenvalue weighted by Crippen LogP contribution is 2.29. The molecule has 12 heteroatoms. The molecule has 0 unspecified atom stereocenters. The van der Waals surface area contributed by atoms with Crippen molar-refractivity contribution >= 4 is 32.5 Å².